The number of carbonyl (C=O) groups is 1. The lowest BCUT2D eigenvalue weighted by atomic mass is 9.92. The van der Waals surface area contributed by atoms with Gasteiger partial charge in [-0.25, -0.2) is 9.18 Å². The molecule has 1 saturated heterocycles. The van der Waals surface area contributed by atoms with Crippen LogP contribution < -0.4 is 5.14 Å². The topological polar surface area (TPSA) is 92.5 Å². The minimum absolute atomic E-state index is 0.0351. The number of carbonyl (C=O) groups excluding carboxylic acids is 1. The third kappa shape index (κ3) is 5.20. The number of rotatable bonds is 2. The second kappa shape index (κ2) is 8.87. The fourth-order valence-corrected chi connectivity index (χ4v) is 2.61. The Morgan fingerprint density at radius 3 is 2.36 bits per heavy atom. The molecule has 3 rings (SSSR count). The summed E-state index contributed by atoms with van der Waals surface area (Å²) >= 11 is 3.51. The van der Waals surface area contributed by atoms with Crippen molar-refractivity contribution < 1.29 is 22.7 Å². The standard InChI is InChI=1S/C17H12ClFO2.H3NO2S/c18-14-10-12(6-7-15(14)19)16(11-4-2-1-3-5-11)13-8-9-21-17(13)20;1-4(2)3/h1-7,10H,8-9H2;1H2,(H,2,3)/p-1/b16-13-;. The van der Waals surface area contributed by atoms with Crippen LogP contribution >= 0.6 is 11.6 Å². The van der Waals surface area contributed by atoms with Crippen molar-refractivity contribution in [1.29, 1.82) is 0 Å². The van der Waals surface area contributed by atoms with Gasteiger partial charge in [0.2, 0.25) is 0 Å². The van der Waals surface area contributed by atoms with Gasteiger partial charge in [0.05, 0.1) is 11.6 Å². The van der Waals surface area contributed by atoms with Gasteiger partial charge < -0.3 is 9.29 Å². The molecule has 0 saturated carbocycles. The molecule has 1 fully saturated rings. The smallest absolute Gasteiger partial charge is 0.334 e. The summed E-state index contributed by atoms with van der Waals surface area (Å²) in [6.45, 7) is 0.374. The van der Waals surface area contributed by atoms with Crippen LogP contribution in [0.5, 0.6) is 0 Å². The quantitative estimate of drug-likeness (QED) is 0.491. The molecule has 132 valence electrons. The predicted molar refractivity (Wildman–Crippen MR) is 92.6 cm³/mol. The molecule has 0 aliphatic carbocycles. The molecule has 0 spiro atoms. The van der Waals surface area contributed by atoms with Crippen molar-refractivity contribution in [3.8, 4) is 0 Å². The van der Waals surface area contributed by atoms with Crippen molar-refractivity contribution in [2.45, 2.75) is 6.42 Å². The zero-order valence-corrected chi connectivity index (χ0v) is 14.5. The van der Waals surface area contributed by atoms with E-state index in [1.54, 1.807) is 6.07 Å². The molecule has 0 radical (unpaired) electrons. The van der Waals surface area contributed by atoms with Crippen molar-refractivity contribution in [3.63, 3.8) is 0 Å². The maximum absolute atomic E-state index is 13.4. The van der Waals surface area contributed by atoms with Crippen LogP contribution in [0.2, 0.25) is 5.02 Å². The Labute approximate surface area is 151 Å². The van der Waals surface area contributed by atoms with Crippen molar-refractivity contribution in [1.82, 2.24) is 0 Å². The van der Waals surface area contributed by atoms with Crippen molar-refractivity contribution in [3.05, 3.63) is 76.1 Å². The summed E-state index contributed by atoms with van der Waals surface area (Å²) in [7, 11) is 0. The van der Waals surface area contributed by atoms with Crippen LogP contribution in [0, 0.1) is 5.82 Å². The molecule has 8 heteroatoms. The summed E-state index contributed by atoms with van der Waals surface area (Å²) in [6.07, 6.45) is 0.540. The van der Waals surface area contributed by atoms with E-state index in [1.807, 2.05) is 30.3 Å². The molecule has 2 aromatic rings. The molecule has 2 N–H and O–H groups in total. The number of benzene rings is 2. The first-order chi connectivity index (χ1) is 11.9. The molecule has 1 heterocycles. The zero-order valence-electron chi connectivity index (χ0n) is 12.9. The van der Waals surface area contributed by atoms with E-state index in [2.05, 4.69) is 5.14 Å². The Bertz CT molecular complexity index is 823. The first-order valence-corrected chi connectivity index (χ1v) is 8.66. The van der Waals surface area contributed by atoms with E-state index in [9.17, 15) is 9.18 Å². The van der Waals surface area contributed by atoms with Gasteiger partial charge in [-0.1, -0.05) is 48.0 Å². The van der Waals surface area contributed by atoms with Gasteiger partial charge in [0.15, 0.2) is 0 Å². The normalized spacial score (nSPS) is 16.6. The van der Waals surface area contributed by atoms with E-state index in [1.165, 1.54) is 12.1 Å². The summed E-state index contributed by atoms with van der Waals surface area (Å²) in [5.41, 5.74) is 2.94. The van der Waals surface area contributed by atoms with Gasteiger partial charge in [-0.05, 0) is 28.8 Å². The molecule has 1 aliphatic heterocycles. The Morgan fingerprint density at radius 1 is 1.20 bits per heavy atom. The molecular weight excluding hydrogens is 369 g/mol. The summed E-state index contributed by atoms with van der Waals surface area (Å²) < 4.78 is 36.0. The number of esters is 1. The Balaban J connectivity index is 0.000000511. The Morgan fingerprint density at radius 2 is 1.84 bits per heavy atom. The molecule has 1 unspecified atom stereocenters. The van der Waals surface area contributed by atoms with Gasteiger partial charge in [-0.15, -0.1) is 0 Å². The lowest BCUT2D eigenvalue weighted by molar-refractivity contribution is -0.135. The van der Waals surface area contributed by atoms with Crippen LogP contribution in [0.25, 0.3) is 5.57 Å². The van der Waals surface area contributed by atoms with E-state index >= 15 is 0 Å². The summed E-state index contributed by atoms with van der Waals surface area (Å²) in [5.74, 6) is -0.805. The van der Waals surface area contributed by atoms with Crippen molar-refractivity contribution in [2.75, 3.05) is 6.61 Å². The highest BCUT2D eigenvalue weighted by molar-refractivity contribution is 7.76. The highest BCUT2D eigenvalue weighted by Gasteiger charge is 2.25. The summed E-state index contributed by atoms with van der Waals surface area (Å²) in [6, 6.07) is 14.0. The molecular formula is C17H14ClFNO4S-. The Hall–Kier alpha value is -2.06. The molecule has 1 aliphatic rings. The van der Waals surface area contributed by atoms with E-state index in [0.29, 0.717) is 24.2 Å². The van der Waals surface area contributed by atoms with E-state index in [0.717, 1.165) is 11.1 Å². The number of hydrogen-bond acceptors (Lipinski definition) is 4. The molecule has 1 atom stereocenters. The predicted octanol–water partition coefficient (Wildman–Crippen LogP) is 2.97. The largest absolute Gasteiger partial charge is 0.760 e. The average Bonchev–Trinajstić information content (AvgIpc) is 2.98. The lowest BCUT2D eigenvalue weighted by Crippen LogP contribution is -2.01. The van der Waals surface area contributed by atoms with Crippen molar-refractivity contribution >= 4 is 34.4 Å². The fraction of sp³-hybridized carbons (Fsp3) is 0.118. The van der Waals surface area contributed by atoms with Crippen LogP contribution in [0.3, 0.4) is 0 Å². The monoisotopic (exact) mass is 382 g/mol. The van der Waals surface area contributed by atoms with Crippen LogP contribution in [-0.4, -0.2) is 21.3 Å². The first kappa shape index (κ1) is 19.3. The SMILES string of the molecule is NS(=O)[O-].O=C1OCC/C1=C(\c1ccccc1)c1ccc(F)c(Cl)c1. The van der Waals surface area contributed by atoms with E-state index < -0.39 is 17.1 Å². The summed E-state index contributed by atoms with van der Waals surface area (Å²) in [5, 5.41) is 4.06. The minimum atomic E-state index is -2.36. The average molecular weight is 383 g/mol. The van der Waals surface area contributed by atoms with E-state index in [4.69, 9.17) is 25.1 Å². The third-order valence-corrected chi connectivity index (χ3v) is 3.69. The van der Waals surface area contributed by atoms with Crippen LogP contribution in [0.15, 0.2) is 54.1 Å². The number of hydrogen-bond donors (Lipinski definition) is 1. The van der Waals surface area contributed by atoms with Crippen molar-refractivity contribution in [2.24, 2.45) is 5.14 Å². The second-order valence-corrected chi connectivity index (χ2v) is 5.92. The number of halogens is 2. The molecule has 0 bridgehead atoms. The van der Waals surface area contributed by atoms with Crippen LogP contribution in [-0.2, 0) is 20.8 Å². The number of ether oxygens (including phenoxy) is 1. The molecule has 0 amide bonds. The van der Waals surface area contributed by atoms with Gasteiger partial charge >= 0.3 is 5.97 Å². The zero-order chi connectivity index (χ0) is 18.4. The molecule has 0 aromatic heterocycles. The van der Waals surface area contributed by atoms with Gasteiger partial charge in [0.1, 0.15) is 5.82 Å². The summed E-state index contributed by atoms with van der Waals surface area (Å²) in [4.78, 5) is 11.9. The Kier molecular flexibility index (Phi) is 6.83. The molecule has 2 aromatic carbocycles. The number of nitrogens with two attached hydrogens (primary N) is 1. The maximum Gasteiger partial charge on any atom is 0.334 e. The number of cyclic esters (lactones) is 1. The highest BCUT2D eigenvalue weighted by Crippen LogP contribution is 2.33. The van der Waals surface area contributed by atoms with Gasteiger partial charge in [-0.2, -0.15) is 0 Å². The maximum atomic E-state index is 13.4. The van der Waals surface area contributed by atoms with Crippen LogP contribution in [0.4, 0.5) is 4.39 Å². The van der Waals surface area contributed by atoms with Gasteiger partial charge in [0, 0.05) is 23.3 Å². The second-order valence-electron chi connectivity index (χ2n) is 4.99. The van der Waals surface area contributed by atoms with Gasteiger partial charge in [-0.3, -0.25) is 9.35 Å². The third-order valence-electron chi connectivity index (χ3n) is 3.40. The van der Waals surface area contributed by atoms with E-state index in [-0.39, 0.29) is 11.0 Å². The van der Waals surface area contributed by atoms with Gasteiger partial charge in [0.25, 0.3) is 0 Å². The minimum Gasteiger partial charge on any atom is -0.760 e. The lowest BCUT2D eigenvalue weighted by Gasteiger charge is -2.11. The first-order valence-electron chi connectivity index (χ1n) is 7.15. The highest BCUT2D eigenvalue weighted by atomic mass is 35.5. The molecule has 25 heavy (non-hydrogen) atoms. The molecule has 5 nitrogen and oxygen atoms in total. The fourth-order valence-electron chi connectivity index (χ4n) is 2.43. The van der Waals surface area contributed by atoms with Crippen LogP contribution in [0.1, 0.15) is 17.5 Å².